The molecule has 0 unspecified atom stereocenters. The van der Waals surface area contributed by atoms with Crippen LogP contribution in [-0.2, 0) is 23.5 Å². The summed E-state index contributed by atoms with van der Waals surface area (Å²) in [6, 6.07) is 3.47. The van der Waals surface area contributed by atoms with E-state index in [1.54, 1.807) is 54.5 Å². The van der Waals surface area contributed by atoms with Gasteiger partial charge in [0, 0.05) is 37.9 Å². The van der Waals surface area contributed by atoms with Gasteiger partial charge in [0.1, 0.15) is 22.9 Å². The number of nitrogens with zero attached hydrogens (tertiary/aromatic N) is 4. The van der Waals surface area contributed by atoms with Crippen molar-refractivity contribution in [2.24, 2.45) is 7.05 Å². The molecule has 3 heterocycles. The summed E-state index contributed by atoms with van der Waals surface area (Å²) in [6.45, 7) is 5.19. The van der Waals surface area contributed by atoms with Crippen molar-refractivity contribution in [1.29, 1.82) is 0 Å². The highest BCUT2D eigenvalue weighted by Gasteiger charge is 2.34. The first kappa shape index (κ1) is 16.5. The first-order chi connectivity index (χ1) is 11.2. The maximum absolute atomic E-state index is 12.9. The van der Waals surface area contributed by atoms with E-state index in [2.05, 4.69) is 10.1 Å². The van der Waals surface area contributed by atoms with Crippen molar-refractivity contribution in [2.45, 2.75) is 37.0 Å². The highest BCUT2D eigenvalue weighted by atomic mass is 32.2. The number of fused-ring (bicyclic) bond motifs is 1. The van der Waals surface area contributed by atoms with Gasteiger partial charge in [-0.1, -0.05) is 0 Å². The number of aryl methyl sites for hydroxylation is 1. The van der Waals surface area contributed by atoms with E-state index in [1.165, 1.54) is 0 Å². The summed E-state index contributed by atoms with van der Waals surface area (Å²) < 4.78 is 34.0. The van der Waals surface area contributed by atoms with Gasteiger partial charge in [-0.25, -0.2) is 13.4 Å². The first-order valence-electron chi connectivity index (χ1n) is 7.51. The zero-order valence-electron chi connectivity index (χ0n) is 14.1. The van der Waals surface area contributed by atoms with Crippen LogP contribution in [0.2, 0.25) is 0 Å². The maximum atomic E-state index is 12.9. The van der Waals surface area contributed by atoms with Gasteiger partial charge in [0.15, 0.2) is 9.84 Å². The van der Waals surface area contributed by atoms with Crippen molar-refractivity contribution in [3.8, 4) is 5.75 Å². The van der Waals surface area contributed by atoms with E-state index in [0.29, 0.717) is 5.65 Å². The second kappa shape index (κ2) is 5.62. The molecule has 24 heavy (non-hydrogen) atoms. The Morgan fingerprint density at radius 3 is 2.62 bits per heavy atom. The largest absolute Gasteiger partial charge is 0.486 e. The SMILES string of the molecule is Cn1ccc(COc2cc3nccn3cc2S(=O)(=O)C(C)(C)C)n1. The third kappa shape index (κ3) is 2.89. The number of rotatable bonds is 4. The maximum Gasteiger partial charge on any atom is 0.188 e. The van der Waals surface area contributed by atoms with Gasteiger partial charge in [-0.2, -0.15) is 5.10 Å². The second-order valence-corrected chi connectivity index (χ2v) is 9.25. The van der Waals surface area contributed by atoms with Crippen LogP contribution in [-0.4, -0.2) is 32.3 Å². The molecule has 0 aliphatic carbocycles. The Morgan fingerprint density at radius 2 is 2.00 bits per heavy atom. The van der Waals surface area contributed by atoms with E-state index in [4.69, 9.17) is 4.74 Å². The molecule has 0 saturated heterocycles. The molecule has 0 aromatic carbocycles. The molecular weight excluding hydrogens is 328 g/mol. The fraction of sp³-hybridized carbons (Fsp3) is 0.375. The van der Waals surface area contributed by atoms with Crippen LogP contribution in [0.4, 0.5) is 0 Å². The summed E-state index contributed by atoms with van der Waals surface area (Å²) in [5.74, 6) is 0.286. The van der Waals surface area contributed by atoms with Gasteiger partial charge in [0.25, 0.3) is 0 Å². The van der Waals surface area contributed by atoms with Crippen LogP contribution in [0, 0.1) is 0 Å². The Bertz CT molecular complexity index is 980. The molecule has 0 atom stereocenters. The predicted octanol–water partition coefficient (Wildman–Crippen LogP) is 2.22. The van der Waals surface area contributed by atoms with E-state index < -0.39 is 14.6 Å². The lowest BCUT2D eigenvalue weighted by Gasteiger charge is -2.21. The van der Waals surface area contributed by atoms with E-state index in [1.807, 2.05) is 19.3 Å². The molecule has 0 bridgehead atoms. The quantitative estimate of drug-likeness (QED) is 0.722. The molecule has 3 rings (SSSR count). The summed E-state index contributed by atoms with van der Waals surface area (Å²) in [5, 5.41) is 4.24. The van der Waals surface area contributed by atoms with Crippen LogP contribution in [0.15, 0.2) is 41.8 Å². The average Bonchev–Trinajstić information content (AvgIpc) is 3.10. The molecule has 3 aromatic heterocycles. The van der Waals surface area contributed by atoms with Crippen molar-refractivity contribution in [3.63, 3.8) is 0 Å². The standard InChI is InChI=1S/C16H20N4O3S/c1-16(2,3)24(21,22)14-10-20-8-6-17-15(20)9-13(14)23-11-12-5-7-19(4)18-12/h5-10H,11H2,1-4H3. The summed E-state index contributed by atoms with van der Waals surface area (Å²) in [7, 11) is -1.76. The zero-order valence-corrected chi connectivity index (χ0v) is 14.9. The molecule has 7 nitrogen and oxygen atoms in total. The zero-order chi connectivity index (χ0) is 17.5. The number of pyridine rings is 1. The molecule has 0 aliphatic rings. The Balaban J connectivity index is 2.06. The lowest BCUT2D eigenvalue weighted by atomic mass is 10.3. The minimum atomic E-state index is -3.57. The van der Waals surface area contributed by atoms with E-state index in [0.717, 1.165) is 5.69 Å². The van der Waals surface area contributed by atoms with Gasteiger partial charge in [0.2, 0.25) is 0 Å². The second-order valence-electron chi connectivity index (χ2n) is 6.58. The molecule has 0 amide bonds. The number of sulfone groups is 1. The smallest absolute Gasteiger partial charge is 0.188 e. The fourth-order valence-electron chi connectivity index (χ4n) is 2.26. The van der Waals surface area contributed by atoms with Crippen molar-refractivity contribution in [1.82, 2.24) is 19.2 Å². The lowest BCUT2D eigenvalue weighted by Crippen LogP contribution is -2.28. The highest BCUT2D eigenvalue weighted by Crippen LogP contribution is 2.33. The number of hydrogen-bond donors (Lipinski definition) is 0. The average molecular weight is 348 g/mol. The third-order valence-corrected chi connectivity index (χ3v) is 6.20. The summed E-state index contributed by atoms with van der Waals surface area (Å²) in [4.78, 5) is 4.34. The van der Waals surface area contributed by atoms with Gasteiger partial charge in [-0.15, -0.1) is 0 Å². The Labute approximate surface area is 140 Å². The van der Waals surface area contributed by atoms with E-state index in [-0.39, 0.29) is 17.3 Å². The summed E-state index contributed by atoms with van der Waals surface area (Å²) >= 11 is 0. The fourth-order valence-corrected chi connectivity index (χ4v) is 3.55. The van der Waals surface area contributed by atoms with Gasteiger partial charge in [0.05, 0.1) is 10.4 Å². The Hall–Kier alpha value is -2.35. The van der Waals surface area contributed by atoms with Gasteiger partial charge in [-0.3, -0.25) is 4.68 Å². The van der Waals surface area contributed by atoms with Crippen LogP contribution in [0.1, 0.15) is 26.5 Å². The highest BCUT2D eigenvalue weighted by molar-refractivity contribution is 7.92. The lowest BCUT2D eigenvalue weighted by molar-refractivity contribution is 0.291. The van der Waals surface area contributed by atoms with Crippen molar-refractivity contribution in [2.75, 3.05) is 0 Å². The number of hydrogen-bond acceptors (Lipinski definition) is 5. The molecule has 0 spiro atoms. The minimum absolute atomic E-state index is 0.149. The van der Waals surface area contributed by atoms with Crippen LogP contribution < -0.4 is 4.74 Å². The van der Waals surface area contributed by atoms with Crippen molar-refractivity contribution < 1.29 is 13.2 Å². The molecule has 128 valence electrons. The molecule has 0 saturated carbocycles. The third-order valence-electron chi connectivity index (χ3n) is 3.70. The number of aromatic nitrogens is 4. The molecule has 0 radical (unpaired) electrons. The van der Waals surface area contributed by atoms with Crippen LogP contribution >= 0.6 is 0 Å². The first-order valence-corrected chi connectivity index (χ1v) is 8.99. The van der Waals surface area contributed by atoms with Gasteiger partial charge < -0.3 is 9.14 Å². The van der Waals surface area contributed by atoms with Crippen LogP contribution in [0.5, 0.6) is 5.75 Å². The molecular formula is C16H20N4O3S. The number of imidazole rings is 1. The minimum Gasteiger partial charge on any atom is -0.486 e. The predicted molar refractivity (Wildman–Crippen MR) is 89.7 cm³/mol. The van der Waals surface area contributed by atoms with Gasteiger partial charge >= 0.3 is 0 Å². The Kier molecular flexibility index (Phi) is 3.87. The Morgan fingerprint density at radius 1 is 1.25 bits per heavy atom. The van der Waals surface area contributed by atoms with Crippen LogP contribution in [0.3, 0.4) is 0 Å². The molecule has 0 N–H and O–H groups in total. The normalized spacial score (nSPS) is 12.7. The molecule has 3 aromatic rings. The molecule has 0 fully saturated rings. The number of ether oxygens (including phenoxy) is 1. The monoisotopic (exact) mass is 348 g/mol. The summed E-state index contributed by atoms with van der Waals surface area (Å²) in [6.07, 6.45) is 6.69. The summed E-state index contributed by atoms with van der Waals surface area (Å²) in [5.41, 5.74) is 1.35. The topological polar surface area (TPSA) is 78.5 Å². The van der Waals surface area contributed by atoms with Crippen molar-refractivity contribution >= 4 is 15.5 Å². The van der Waals surface area contributed by atoms with E-state index >= 15 is 0 Å². The molecule has 0 aliphatic heterocycles. The van der Waals surface area contributed by atoms with Gasteiger partial charge in [-0.05, 0) is 26.8 Å². The van der Waals surface area contributed by atoms with Crippen LogP contribution in [0.25, 0.3) is 5.65 Å². The molecule has 8 heteroatoms. The van der Waals surface area contributed by atoms with Crippen molar-refractivity contribution in [3.05, 3.63) is 42.6 Å². The van der Waals surface area contributed by atoms with E-state index in [9.17, 15) is 8.42 Å².